The third kappa shape index (κ3) is 3.45. The van der Waals surface area contributed by atoms with E-state index in [1.165, 1.54) is 6.33 Å². The Hall–Kier alpha value is -2.08. The van der Waals surface area contributed by atoms with E-state index in [0.717, 1.165) is 23.6 Å². The number of nitrogens with one attached hydrogen (secondary N) is 1. The Balaban J connectivity index is 1.88. The lowest BCUT2D eigenvalue weighted by Gasteiger charge is -2.12. The van der Waals surface area contributed by atoms with Gasteiger partial charge in [-0.15, -0.1) is 0 Å². The normalized spacial score (nSPS) is 10.4. The first-order valence-corrected chi connectivity index (χ1v) is 6.01. The van der Waals surface area contributed by atoms with Gasteiger partial charge >= 0.3 is 0 Å². The molecule has 1 N–H and O–H groups in total. The molecule has 19 heavy (non-hydrogen) atoms. The summed E-state index contributed by atoms with van der Waals surface area (Å²) in [5.74, 6) is 2.12. The Bertz CT molecular complexity index is 500. The van der Waals surface area contributed by atoms with E-state index in [0.29, 0.717) is 18.9 Å². The molecule has 0 fully saturated rings. The van der Waals surface area contributed by atoms with Crippen LogP contribution in [0.1, 0.15) is 11.5 Å². The summed E-state index contributed by atoms with van der Waals surface area (Å²) >= 11 is 0. The maximum Gasteiger partial charge on any atom is 0.227 e. The summed E-state index contributed by atoms with van der Waals surface area (Å²) in [5, 5.41) is 6.86. The first-order valence-electron chi connectivity index (χ1n) is 6.01. The molecule has 6 nitrogen and oxygen atoms in total. The minimum absolute atomic E-state index is 0.630. The number of hydrogen-bond donors (Lipinski definition) is 1. The van der Waals surface area contributed by atoms with Crippen LogP contribution < -0.4 is 14.8 Å². The molecule has 0 amide bonds. The number of nitrogens with zero attached hydrogens (tertiary/aromatic N) is 2. The zero-order valence-electron chi connectivity index (χ0n) is 11.0. The van der Waals surface area contributed by atoms with Gasteiger partial charge in [-0.1, -0.05) is 17.3 Å². The van der Waals surface area contributed by atoms with Gasteiger partial charge in [0.05, 0.1) is 14.2 Å². The molecule has 0 saturated heterocycles. The quantitative estimate of drug-likeness (QED) is 0.762. The van der Waals surface area contributed by atoms with E-state index in [1.807, 2.05) is 18.2 Å². The van der Waals surface area contributed by atoms with E-state index in [2.05, 4.69) is 15.5 Å². The summed E-state index contributed by atoms with van der Waals surface area (Å²) in [6.07, 6.45) is 2.10. The van der Waals surface area contributed by atoms with Crippen molar-refractivity contribution in [2.75, 3.05) is 20.8 Å². The summed E-state index contributed by atoms with van der Waals surface area (Å²) in [4.78, 5) is 3.96. The second-order valence-corrected chi connectivity index (χ2v) is 3.91. The summed E-state index contributed by atoms with van der Waals surface area (Å²) < 4.78 is 15.5. The molecule has 0 aliphatic rings. The molecular formula is C13H17N3O3. The van der Waals surface area contributed by atoms with Gasteiger partial charge in [-0.25, -0.2) is 0 Å². The van der Waals surface area contributed by atoms with Crippen LogP contribution in [-0.4, -0.2) is 30.9 Å². The molecule has 1 heterocycles. The Morgan fingerprint density at radius 3 is 2.84 bits per heavy atom. The van der Waals surface area contributed by atoms with Gasteiger partial charge in [-0.05, 0) is 6.07 Å². The lowest BCUT2D eigenvalue weighted by Crippen LogP contribution is -2.17. The van der Waals surface area contributed by atoms with E-state index in [1.54, 1.807) is 14.2 Å². The van der Waals surface area contributed by atoms with Crippen molar-refractivity contribution in [3.05, 3.63) is 36.0 Å². The molecule has 0 radical (unpaired) electrons. The first kappa shape index (κ1) is 13.4. The number of benzene rings is 1. The van der Waals surface area contributed by atoms with E-state index < -0.39 is 0 Å². The van der Waals surface area contributed by atoms with Crippen LogP contribution in [0.5, 0.6) is 11.5 Å². The average Bonchev–Trinajstić information content (AvgIpc) is 2.96. The van der Waals surface area contributed by atoms with Gasteiger partial charge in [0, 0.05) is 25.1 Å². The topological polar surface area (TPSA) is 69.4 Å². The summed E-state index contributed by atoms with van der Waals surface area (Å²) in [7, 11) is 3.27. The van der Waals surface area contributed by atoms with Crippen molar-refractivity contribution < 1.29 is 14.0 Å². The molecule has 102 valence electrons. The summed E-state index contributed by atoms with van der Waals surface area (Å²) in [6.45, 7) is 1.44. The largest absolute Gasteiger partial charge is 0.493 e. The monoisotopic (exact) mass is 263 g/mol. The SMILES string of the molecule is COc1cccc(CNCCc2ncno2)c1OC. The van der Waals surface area contributed by atoms with Crippen molar-refractivity contribution in [2.45, 2.75) is 13.0 Å². The van der Waals surface area contributed by atoms with Crippen molar-refractivity contribution in [2.24, 2.45) is 0 Å². The highest BCUT2D eigenvalue weighted by Crippen LogP contribution is 2.30. The Morgan fingerprint density at radius 2 is 2.16 bits per heavy atom. The van der Waals surface area contributed by atoms with Crippen LogP contribution in [0.3, 0.4) is 0 Å². The van der Waals surface area contributed by atoms with Crippen LogP contribution in [0.4, 0.5) is 0 Å². The predicted molar refractivity (Wildman–Crippen MR) is 69.3 cm³/mol. The number of aromatic nitrogens is 2. The third-order valence-electron chi connectivity index (χ3n) is 2.72. The Morgan fingerprint density at radius 1 is 1.26 bits per heavy atom. The van der Waals surface area contributed by atoms with Crippen molar-refractivity contribution in [3.63, 3.8) is 0 Å². The number of hydrogen-bond acceptors (Lipinski definition) is 6. The minimum atomic E-state index is 0.630. The van der Waals surface area contributed by atoms with Crippen molar-refractivity contribution in [1.82, 2.24) is 15.5 Å². The third-order valence-corrected chi connectivity index (χ3v) is 2.72. The van der Waals surface area contributed by atoms with Gasteiger partial charge in [0.2, 0.25) is 5.89 Å². The van der Waals surface area contributed by atoms with Crippen LogP contribution in [0, 0.1) is 0 Å². The van der Waals surface area contributed by atoms with Crippen molar-refractivity contribution in [1.29, 1.82) is 0 Å². The number of para-hydroxylation sites is 1. The Labute approximate surface area is 111 Å². The van der Waals surface area contributed by atoms with Crippen molar-refractivity contribution in [3.8, 4) is 11.5 Å². The fourth-order valence-electron chi connectivity index (χ4n) is 1.82. The van der Waals surface area contributed by atoms with Gasteiger partial charge in [-0.3, -0.25) is 0 Å². The first-order chi connectivity index (χ1) is 9.35. The smallest absolute Gasteiger partial charge is 0.227 e. The van der Waals surface area contributed by atoms with Gasteiger partial charge < -0.3 is 19.3 Å². The lowest BCUT2D eigenvalue weighted by molar-refractivity contribution is 0.350. The maximum absolute atomic E-state index is 5.36. The van der Waals surface area contributed by atoms with Crippen LogP contribution in [0.2, 0.25) is 0 Å². The van der Waals surface area contributed by atoms with Crippen molar-refractivity contribution >= 4 is 0 Å². The molecule has 0 atom stereocenters. The van der Waals surface area contributed by atoms with Gasteiger partial charge in [-0.2, -0.15) is 4.98 Å². The average molecular weight is 263 g/mol. The molecule has 1 aromatic heterocycles. The minimum Gasteiger partial charge on any atom is -0.493 e. The van der Waals surface area contributed by atoms with Gasteiger partial charge in [0.15, 0.2) is 17.8 Å². The zero-order chi connectivity index (χ0) is 13.5. The van der Waals surface area contributed by atoms with Crippen LogP contribution in [0.25, 0.3) is 0 Å². The number of ether oxygens (including phenoxy) is 2. The molecule has 6 heteroatoms. The maximum atomic E-state index is 5.36. The fraction of sp³-hybridized carbons (Fsp3) is 0.385. The number of rotatable bonds is 7. The molecule has 2 rings (SSSR count). The van der Waals surface area contributed by atoms with Crippen LogP contribution in [-0.2, 0) is 13.0 Å². The van der Waals surface area contributed by atoms with E-state index >= 15 is 0 Å². The highest BCUT2D eigenvalue weighted by atomic mass is 16.5. The standard InChI is InChI=1S/C13H17N3O3/c1-17-11-5-3-4-10(13(11)18-2)8-14-7-6-12-15-9-16-19-12/h3-5,9,14H,6-8H2,1-2H3. The number of methoxy groups -OCH3 is 2. The Kier molecular flexibility index (Phi) is 4.74. The second-order valence-electron chi connectivity index (χ2n) is 3.91. The predicted octanol–water partition coefficient (Wildman–Crippen LogP) is 1.42. The molecule has 0 spiro atoms. The summed E-state index contributed by atoms with van der Waals surface area (Å²) in [6, 6.07) is 5.82. The van der Waals surface area contributed by atoms with E-state index in [9.17, 15) is 0 Å². The van der Waals surface area contributed by atoms with E-state index in [4.69, 9.17) is 14.0 Å². The molecule has 2 aromatic rings. The molecule has 0 bridgehead atoms. The van der Waals surface area contributed by atoms with E-state index in [-0.39, 0.29) is 0 Å². The van der Waals surface area contributed by atoms with Crippen LogP contribution >= 0.6 is 0 Å². The molecule has 0 saturated carbocycles. The molecular weight excluding hydrogens is 246 g/mol. The highest BCUT2D eigenvalue weighted by Gasteiger charge is 2.08. The van der Waals surface area contributed by atoms with Gasteiger partial charge in [0.25, 0.3) is 0 Å². The van der Waals surface area contributed by atoms with Gasteiger partial charge in [0.1, 0.15) is 0 Å². The van der Waals surface area contributed by atoms with Crippen LogP contribution in [0.15, 0.2) is 29.0 Å². The molecule has 0 unspecified atom stereocenters. The lowest BCUT2D eigenvalue weighted by atomic mass is 10.2. The molecule has 0 aliphatic heterocycles. The molecule has 1 aromatic carbocycles. The highest BCUT2D eigenvalue weighted by molar-refractivity contribution is 5.46. The fourth-order valence-corrected chi connectivity index (χ4v) is 1.82. The second kappa shape index (κ2) is 6.75. The molecule has 0 aliphatic carbocycles. The zero-order valence-corrected chi connectivity index (χ0v) is 11.0. The summed E-state index contributed by atoms with van der Waals surface area (Å²) in [5.41, 5.74) is 1.05.